The maximum absolute atomic E-state index is 13.3. The van der Waals surface area contributed by atoms with Crippen molar-refractivity contribution in [3.8, 4) is 10.6 Å². The molecule has 1 atom stereocenters. The van der Waals surface area contributed by atoms with Crippen LogP contribution < -0.4 is 5.32 Å². The molecule has 7 nitrogen and oxygen atoms in total. The first-order valence-electron chi connectivity index (χ1n) is 12.8. The molecule has 1 N–H and O–H groups in total. The van der Waals surface area contributed by atoms with E-state index in [2.05, 4.69) is 58.3 Å². The van der Waals surface area contributed by atoms with Gasteiger partial charge in [-0.25, -0.2) is 4.98 Å². The van der Waals surface area contributed by atoms with Gasteiger partial charge >= 0.3 is 0 Å². The van der Waals surface area contributed by atoms with E-state index in [1.165, 1.54) is 16.9 Å². The quantitative estimate of drug-likeness (QED) is 0.636. The van der Waals surface area contributed by atoms with E-state index in [0.29, 0.717) is 25.6 Å². The zero-order valence-electron chi connectivity index (χ0n) is 21.5. The molecule has 8 heteroatoms. The number of likely N-dealkylation sites (tertiary alicyclic amines) is 1. The molecule has 1 aromatic carbocycles. The Morgan fingerprint density at radius 1 is 1.06 bits per heavy atom. The van der Waals surface area contributed by atoms with Gasteiger partial charge in [0.05, 0.1) is 5.69 Å². The summed E-state index contributed by atoms with van der Waals surface area (Å²) < 4.78 is 0. The Kier molecular flexibility index (Phi) is 8.57. The third-order valence-electron chi connectivity index (χ3n) is 7.56. The van der Waals surface area contributed by atoms with Crippen LogP contribution in [0.5, 0.6) is 0 Å². The van der Waals surface area contributed by atoms with E-state index in [0.717, 1.165) is 66.7 Å². The molecule has 35 heavy (non-hydrogen) atoms. The van der Waals surface area contributed by atoms with Gasteiger partial charge in [-0.2, -0.15) is 0 Å². The number of hydrogen-bond donors (Lipinski definition) is 1. The summed E-state index contributed by atoms with van der Waals surface area (Å²) in [5.41, 5.74) is 3.05. The number of likely N-dealkylation sites (N-methyl/N-ethyl adjacent to an activating group) is 1. The Morgan fingerprint density at radius 3 is 2.37 bits per heavy atom. The summed E-state index contributed by atoms with van der Waals surface area (Å²) in [6.45, 7) is 13.4. The second-order valence-electron chi connectivity index (χ2n) is 10.2. The van der Waals surface area contributed by atoms with E-state index in [1.54, 1.807) is 0 Å². The first kappa shape index (κ1) is 25.8. The molecule has 0 bridgehead atoms. The van der Waals surface area contributed by atoms with Crippen molar-refractivity contribution in [3.63, 3.8) is 0 Å². The van der Waals surface area contributed by atoms with Gasteiger partial charge in [0.1, 0.15) is 9.88 Å². The Bertz CT molecular complexity index is 1010. The number of hydrogen-bond acceptors (Lipinski definition) is 6. The van der Waals surface area contributed by atoms with E-state index in [-0.39, 0.29) is 17.7 Å². The Balaban J connectivity index is 1.24. The highest BCUT2D eigenvalue weighted by atomic mass is 32.1. The highest BCUT2D eigenvalue weighted by Gasteiger charge is 2.31. The van der Waals surface area contributed by atoms with Crippen LogP contribution in [0.4, 0.5) is 0 Å². The standard InChI is InChI=1S/C27H39N5O2S/c1-19-5-7-23(8-6-19)26-29-21(3)24(35-26)27(34)32-12-9-22(10-13-32)20(2)25(33)28-11-14-31-17-15-30(4)16-18-31/h5-8,20,22H,9-18H2,1-4H3,(H,28,33)/t20-/m0/s1. The number of nitrogens with one attached hydrogen (secondary N) is 1. The molecule has 4 rings (SSSR count). The summed E-state index contributed by atoms with van der Waals surface area (Å²) in [6.07, 6.45) is 1.73. The van der Waals surface area contributed by atoms with Gasteiger partial charge in [0.15, 0.2) is 0 Å². The van der Waals surface area contributed by atoms with Crippen LogP contribution >= 0.6 is 11.3 Å². The van der Waals surface area contributed by atoms with Crippen molar-refractivity contribution in [1.82, 2.24) is 25.0 Å². The monoisotopic (exact) mass is 497 g/mol. The van der Waals surface area contributed by atoms with Gasteiger partial charge in [0.25, 0.3) is 5.91 Å². The van der Waals surface area contributed by atoms with Crippen LogP contribution in [0.2, 0.25) is 0 Å². The molecular formula is C27H39N5O2S. The number of carbonyl (C=O) groups is 2. The molecule has 2 amide bonds. The summed E-state index contributed by atoms with van der Waals surface area (Å²) in [7, 11) is 2.15. The summed E-state index contributed by atoms with van der Waals surface area (Å²) in [5.74, 6) is 0.498. The number of piperazine rings is 1. The number of piperidine rings is 1. The first-order chi connectivity index (χ1) is 16.8. The lowest BCUT2D eigenvalue weighted by atomic mass is 9.85. The maximum atomic E-state index is 13.3. The third-order valence-corrected chi connectivity index (χ3v) is 8.75. The van der Waals surface area contributed by atoms with Crippen LogP contribution in [0, 0.1) is 25.7 Å². The van der Waals surface area contributed by atoms with Crippen LogP contribution in [-0.2, 0) is 4.79 Å². The highest BCUT2D eigenvalue weighted by Crippen LogP contribution is 2.31. The van der Waals surface area contributed by atoms with Crippen molar-refractivity contribution in [2.75, 3.05) is 59.4 Å². The van der Waals surface area contributed by atoms with E-state index in [4.69, 9.17) is 0 Å². The van der Waals surface area contributed by atoms with Crippen LogP contribution in [0.1, 0.15) is 40.7 Å². The number of thiazole rings is 1. The maximum Gasteiger partial charge on any atom is 0.265 e. The fourth-order valence-electron chi connectivity index (χ4n) is 4.94. The van der Waals surface area contributed by atoms with Crippen LogP contribution in [0.3, 0.4) is 0 Å². The topological polar surface area (TPSA) is 68.8 Å². The van der Waals surface area contributed by atoms with Gasteiger partial charge in [0.2, 0.25) is 5.91 Å². The molecular weight excluding hydrogens is 458 g/mol. The van der Waals surface area contributed by atoms with E-state index < -0.39 is 0 Å². The van der Waals surface area contributed by atoms with Crippen molar-refractivity contribution in [1.29, 1.82) is 0 Å². The van der Waals surface area contributed by atoms with Gasteiger partial charge in [-0.3, -0.25) is 14.5 Å². The Labute approximate surface area is 213 Å². The molecule has 190 valence electrons. The lowest BCUT2D eigenvalue weighted by Gasteiger charge is -2.34. The van der Waals surface area contributed by atoms with Crippen molar-refractivity contribution >= 4 is 23.2 Å². The normalized spacial score (nSPS) is 19.0. The fourth-order valence-corrected chi connectivity index (χ4v) is 5.98. The molecule has 0 saturated carbocycles. The zero-order valence-corrected chi connectivity index (χ0v) is 22.4. The molecule has 2 aliphatic rings. The van der Waals surface area contributed by atoms with Crippen molar-refractivity contribution in [2.45, 2.75) is 33.6 Å². The summed E-state index contributed by atoms with van der Waals surface area (Å²) in [6, 6.07) is 8.26. The predicted molar refractivity (Wildman–Crippen MR) is 142 cm³/mol. The molecule has 2 aromatic rings. The second-order valence-corrected chi connectivity index (χ2v) is 11.2. The zero-order chi connectivity index (χ0) is 24.9. The molecule has 0 spiro atoms. The Hall–Kier alpha value is -2.29. The number of benzene rings is 1. The largest absolute Gasteiger partial charge is 0.355 e. The number of aryl methyl sites for hydroxylation is 2. The van der Waals surface area contributed by atoms with E-state index in [1.807, 2.05) is 18.7 Å². The van der Waals surface area contributed by atoms with Gasteiger partial charge in [-0.1, -0.05) is 36.8 Å². The first-order valence-corrected chi connectivity index (χ1v) is 13.7. The molecule has 2 saturated heterocycles. The molecule has 1 aromatic heterocycles. The SMILES string of the molecule is Cc1ccc(-c2nc(C)c(C(=O)N3CCC([C@H](C)C(=O)NCCN4CCN(C)CC4)CC3)s2)cc1. The highest BCUT2D eigenvalue weighted by molar-refractivity contribution is 7.17. The number of rotatable bonds is 7. The van der Waals surface area contributed by atoms with Gasteiger partial charge in [-0.05, 0) is 39.7 Å². The predicted octanol–water partition coefficient (Wildman–Crippen LogP) is 3.28. The van der Waals surface area contributed by atoms with Gasteiger partial charge in [0, 0.05) is 63.8 Å². The average molecular weight is 498 g/mol. The smallest absolute Gasteiger partial charge is 0.265 e. The minimum absolute atomic E-state index is 0.0296. The van der Waals surface area contributed by atoms with Crippen LogP contribution in [0.25, 0.3) is 10.6 Å². The summed E-state index contributed by atoms with van der Waals surface area (Å²) >= 11 is 1.48. The minimum atomic E-state index is -0.0296. The van der Waals surface area contributed by atoms with Gasteiger partial charge in [-0.15, -0.1) is 11.3 Å². The number of aromatic nitrogens is 1. The second kappa shape index (κ2) is 11.6. The van der Waals surface area contributed by atoms with Gasteiger partial charge < -0.3 is 15.1 Å². The lowest BCUT2D eigenvalue weighted by Crippen LogP contribution is -2.48. The van der Waals surface area contributed by atoms with Crippen molar-refractivity contribution in [3.05, 3.63) is 40.4 Å². The number of amides is 2. The Morgan fingerprint density at radius 2 is 1.71 bits per heavy atom. The summed E-state index contributed by atoms with van der Waals surface area (Å²) in [4.78, 5) is 38.1. The average Bonchev–Trinajstić information content (AvgIpc) is 3.26. The van der Waals surface area contributed by atoms with Crippen LogP contribution in [-0.4, -0.2) is 90.9 Å². The van der Waals surface area contributed by atoms with Crippen molar-refractivity contribution < 1.29 is 9.59 Å². The molecule has 2 fully saturated rings. The van der Waals surface area contributed by atoms with Crippen LogP contribution in [0.15, 0.2) is 24.3 Å². The van der Waals surface area contributed by atoms with E-state index >= 15 is 0 Å². The summed E-state index contributed by atoms with van der Waals surface area (Å²) in [5, 5.41) is 4.04. The fraction of sp³-hybridized carbons (Fsp3) is 0.593. The molecule has 3 heterocycles. The molecule has 0 radical (unpaired) electrons. The minimum Gasteiger partial charge on any atom is -0.355 e. The third kappa shape index (κ3) is 6.48. The molecule has 0 aliphatic carbocycles. The lowest BCUT2D eigenvalue weighted by molar-refractivity contribution is -0.126. The number of carbonyl (C=O) groups excluding carboxylic acids is 2. The molecule has 2 aliphatic heterocycles. The van der Waals surface area contributed by atoms with E-state index in [9.17, 15) is 9.59 Å². The van der Waals surface area contributed by atoms with Crippen molar-refractivity contribution in [2.24, 2.45) is 11.8 Å². The molecule has 0 unspecified atom stereocenters. The number of nitrogens with zero attached hydrogens (tertiary/aromatic N) is 4.